The van der Waals surface area contributed by atoms with Gasteiger partial charge in [0.05, 0.1) is 30.5 Å². The Kier molecular flexibility index (Phi) is 4.30. The first kappa shape index (κ1) is 15.5. The van der Waals surface area contributed by atoms with Crippen molar-refractivity contribution in [2.75, 3.05) is 6.61 Å². The lowest BCUT2D eigenvalue weighted by Crippen LogP contribution is -2.36. The number of hydrogen-bond donors (Lipinski definition) is 0. The fourth-order valence-corrected chi connectivity index (χ4v) is 2.44. The van der Waals surface area contributed by atoms with Gasteiger partial charge in [0.1, 0.15) is 5.75 Å². The Morgan fingerprint density at radius 2 is 2.10 bits per heavy atom. The first-order chi connectivity index (χ1) is 9.88. The number of rotatable bonds is 5. The molecule has 1 saturated heterocycles. The summed E-state index contributed by atoms with van der Waals surface area (Å²) in [7, 11) is 0. The summed E-state index contributed by atoms with van der Waals surface area (Å²) in [5.74, 6) is 0.602. The molecule has 0 bridgehead atoms. The number of aromatic nitrogens is 1. The number of likely N-dealkylation sites (tertiary alicyclic amines) is 1. The molecule has 5 nitrogen and oxygen atoms in total. The van der Waals surface area contributed by atoms with Gasteiger partial charge in [-0.25, -0.2) is 0 Å². The number of carbonyl (C=O) groups is 2. The minimum atomic E-state index is -0.595. The molecule has 21 heavy (non-hydrogen) atoms. The van der Waals surface area contributed by atoms with E-state index in [0.29, 0.717) is 18.1 Å². The van der Waals surface area contributed by atoms with E-state index >= 15 is 0 Å². The summed E-state index contributed by atoms with van der Waals surface area (Å²) in [4.78, 5) is 30.2. The summed E-state index contributed by atoms with van der Waals surface area (Å²) in [5.41, 5.74) is 0.0932. The van der Waals surface area contributed by atoms with Crippen LogP contribution < -0.4 is 4.74 Å². The number of amides is 2. The SMILES string of the molecule is CCOc1ccc(CN2C(=O)C[C@](C)(C(C)C)C2=O)nc1. The van der Waals surface area contributed by atoms with Crippen molar-refractivity contribution >= 4 is 11.8 Å². The predicted molar refractivity (Wildman–Crippen MR) is 78.5 cm³/mol. The number of imide groups is 1. The molecule has 0 unspecified atom stereocenters. The molecule has 1 aromatic heterocycles. The molecule has 1 fully saturated rings. The summed E-state index contributed by atoms with van der Waals surface area (Å²) < 4.78 is 5.33. The van der Waals surface area contributed by atoms with E-state index in [4.69, 9.17) is 4.74 Å². The monoisotopic (exact) mass is 290 g/mol. The molecule has 1 atom stereocenters. The van der Waals surface area contributed by atoms with E-state index in [1.165, 1.54) is 4.90 Å². The van der Waals surface area contributed by atoms with Gasteiger partial charge in [0, 0.05) is 6.42 Å². The summed E-state index contributed by atoms with van der Waals surface area (Å²) in [6, 6.07) is 3.59. The molecular weight excluding hydrogens is 268 g/mol. The number of nitrogens with zero attached hydrogens (tertiary/aromatic N) is 2. The van der Waals surface area contributed by atoms with Crippen LogP contribution in [0.4, 0.5) is 0 Å². The molecule has 1 aliphatic heterocycles. The van der Waals surface area contributed by atoms with Gasteiger partial charge in [-0.15, -0.1) is 0 Å². The maximum Gasteiger partial charge on any atom is 0.236 e. The van der Waals surface area contributed by atoms with Crippen molar-refractivity contribution < 1.29 is 14.3 Å². The van der Waals surface area contributed by atoms with Crippen molar-refractivity contribution in [1.29, 1.82) is 0 Å². The van der Waals surface area contributed by atoms with Gasteiger partial charge in [0.25, 0.3) is 0 Å². The van der Waals surface area contributed by atoms with Crippen molar-refractivity contribution in [2.45, 2.75) is 40.7 Å². The van der Waals surface area contributed by atoms with E-state index in [0.717, 1.165) is 0 Å². The summed E-state index contributed by atoms with van der Waals surface area (Å²) >= 11 is 0. The van der Waals surface area contributed by atoms with Crippen molar-refractivity contribution in [2.24, 2.45) is 11.3 Å². The second-order valence-electron chi connectivity index (χ2n) is 5.95. The average molecular weight is 290 g/mol. The van der Waals surface area contributed by atoms with Crippen LogP contribution >= 0.6 is 0 Å². The Hall–Kier alpha value is -1.91. The van der Waals surface area contributed by atoms with Crippen LogP contribution in [0.5, 0.6) is 5.75 Å². The minimum absolute atomic E-state index is 0.0989. The first-order valence-corrected chi connectivity index (χ1v) is 7.31. The lowest BCUT2D eigenvalue weighted by atomic mass is 9.78. The van der Waals surface area contributed by atoms with Gasteiger partial charge in [0.15, 0.2) is 0 Å². The van der Waals surface area contributed by atoms with E-state index in [1.54, 1.807) is 18.3 Å². The van der Waals surface area contributed by atoms with Gasteiger partial charge in [0.2, 0.25) is 11.8 Å². The predicted octanol–water partition coefficient (Wildman–Crippen LogP) is 2.40. The Labute approximate surface area is 125 Å². The normalized spacial score (nSPS) is 22.2. The van der Waals surface area contributed by atoms with Crippen molar-refractivity contribution in [1.82, 2.24) is 9.88 Å². The van der Waals surface area contributed by atoms with Crippen LogP contribution in [0.2, 0.25) is 0 Å². The van der Waals surface area contributed by atoms with Crippen LogP contribution in [-0.4, -0.2) is 28.3 Å². The van der Waals surface area contributed by atoms with Gasteiger partial charge >= 0.3 is 0 Å². The molecule has 5 heteroatoms. The highest BCUT2D eigenvalue weighted by molar-refractivity contribution is 6.05. The van der Waals surface area contributed by atoms with Crippen LogP contribution in [0.3, 0.4) is 0 Å². The third-order valence-corrected chi connectivity index (χ3v) is 4.26. The number of carbonyl (C=O) groups excluding carboxylic acids is 2. The van der Waals surface area contributed by atoms with E-state index < -0.39 is 5.41 Å². The van der Waals surface area contributed by atoms with Crippen LogP contribution in [0.15, 0.2) is 18.3 Å². The molecule has 0 spiro atoms. The van der Waals surface area contributed by atoms with E-state index in [2.05, 4.69) is 4.98 Å². The molecular formula is C16H22N2O3. The summed E-state index contributed by atoms with van der Waals surface area (Å²) in [5, 5.41) is 0. The van der Waals surface area contributed by atoms with E-state index in [9.17, 15) is 9.59 Å². The molecule has 2 rings (SSSR count). The highest BCUT2D eigenvalue weighted by Gasteiger charge is 2.49. The second kappa shape index (κ2) is 5.84. The maximum absolute atomic E-state index is 12.5. The Balaban J connectivity index is 2.12. The summed E-state index contributed by atoms with van der Waals surface area (Å²) in [6.45, 7) is 8.53. The third-order valence-electron chi connectivity index (χ3n) is 4.26. The zero-order chi connectivity index (χ0) is 15.6. The Morgan fingerprint density at radius 3 is 2.57 bits per heavy atom. The highest BCUT2D eigenvalue weighted by atomic mass is 16.5. The lowest BCUT2D eigenvalue weighted by Gasteiger charge is -2.25. The average Bonchev–Trinajstić information content (AvgIpc) is 2.66. The van der Waals surface area contributed by atoms with Crippen LogP contribution in [-0.2, 0) is 16.1 Å². The van der Waals surface area contributed by atoms with Crippen molar-refractivity contribution in [3.8, 4) is 5.75 Å². The van der Waals surface area contributed by atoms with Crippen molar-refractivity contribution in [3.63, 3.8) is 0 Å². The fourth-order valence-electron chi connectivity index (χ4n) is 2.44. The molecule has 0 saturated carbocycles. The molecule has 1 aromatic rings. The quantitative estimate of drug-likeness (QED) is 0.781. The fraction of sp³-hybridized carbons (Fsp3) is 0.562. The Morgan fingerprint density at radius 1 is 1.38 bits per heavy atom. The molecule has 1 aliphatic rings. The third kappa shape index (κ3) is 2.91. The molecule has 114 valence electrons. The Bertz CT molecular complexity index is 539. The van der Waals surface area contributed by atoms with Crippen molar-refractivity contribution in [3.05, 3.63) is 24.0 Å². The standard InChI is InChI=1S/C16H22N2O3/c1-5-21-13-7-6-12(17-9-13)10-18-14(19)8-16(4,11(2)3)15(18)20/h6-7,9,11H,5,8,10H2,1-4H3/t16-/m1/s1. The molecule has 0 N–H and O–H groups in total. The summed E-state index contributed by atoms with van der Waals surface area (Å²) in [6.07, 6.45) is 1.89. The highest BCUT2D eigenvalue weighted by Crippen LogP contribution is 2.39. The van der Waals surface area contributed by atoms with E-state index in [-0.39, 0.29) is 30.7 Å². The largest absolute Gasteiger partial charge is 0.492 e. The topological polar surface area (TPSA) is 59.5 Å². The molecule has 2 heterocycles. The van der Waals surface area contributed by atoms with E-state index in [1.807, 2.05) is 27.7 Å². The van der Waals surface area contributed by atoms with Crippen LogP contribution in [0, 0.1) is 11.3 Å². The number of ether oxygens (including phenoxy) is 1. The zero-order valence-electron chi connectivity index (χ0n) is 13.0. The van der Waals surface area contributed by atoms with Gasteiger partial charge in [-0.05, 0) is 31.9 Å². The number of pyridine rings is 1. The smallest absolute Gasteiger partial charge is 0.236 e. The zero-order valence-corrected chi connectivity index (χ0v) is 13.0. The molecule has 2 amide bonds. The van der Waals surface area contributed by atoms with Crippen LogP contribution in [0.25, 0.3) is 0 Å². The second-order valence-corrected chi connectivity index (χ2v) is 5.95. The molecule has 0 aliphatic carbocycles. The maximum atomic E-state index is 12.5. The lowest BCUT2D eigenvalue weighted by molar-refractivity contribution is -0.142. The van der Waals surface area contributed by atoms with Crippen LogP contribution in [0.1, 0.15) is 39.8 Å². The number of hydrogen-bond acceptors (Lipinski definition) is 4. The van der Waals surface area contributed by atoms with Gasteiger partial charge in [-0.2, -0.15) is 0 Å². The molecule has 0 radical (unpaired) electrons. The first-order valence-electron chi connectivity index (χ1n) is 7.31. The minimum Gasteiger partial charge on any atom is -0.492 e. The molecule has 0 aromatic carbocycles. The van der Waals surface area contributed by atoms with Gasteiger partial charge < -0.3 is 4.74 Å². The van der Waals surface area contributed by atoms with Gasteiger partial charge in [-0.1, -0.05) is 13.8 Å². The van der Waals surface area contributed by atoms with Gasteiger partial charge in [-0.3, -0.25) is 19.5 Å².